The Hall–Kier alpha value is -1.88. The molecule has 2 aromatic rings. The van der Waals surface area contributed by atoms with Crippen LogP contribution in [-0.4, -0.2) is 34.8 Å². The zero-order valence-electron chi connectivity index (χ0n) is 11.5. The molecule has 0 unspecified atom stereocenters. The van der Waals surface area contributed by atoms with Crippen molar-refractivity contribution >= 4 is 5.95 Å². The Bertz CT molecular complexity index is 510. The van der Waals surface area contributed by atoms with Crippen molar-refractivity contribution < 1.29 is 4.74 Å². The number of aryl methyl sites for hydroxylation is 1. The molecule has 2 rings (SSSR count). The summed E-state index contributed by atoms with van der Waals surface area (Å²) in [5, 5.41) is 3.31. The highest BCUT2D eigenvalue weighted by Crippen LogP contribution is 2.10. The molecule has 0 aromatic carbocycles. The molecule has 0 aliphatic rings. The third kappa shape index (κ3) is 3.79. The van der Waals surface area contributed by atoms with Crippen LogP contribution in [0.2, 0.25) is 0 Å². The van der Waals surface area contributed by atoms with Gasteiger partial charge in [-0.1, -0.05) is 6.07 Å². The van der Waals surface area contributed by atoms with Crippen LogP contribution in [0, 0.1) is 6.92 Å². The molecule has 5 nitrogen and oxygen atoms in total. The van der Waals surface area contributed by atoms with Crippen molar-refractivity contribution in [3.05, 3.63) is 42.0 Å². The average Bonchev–Trinajstić information content (AvgIpc) is 2.85. The van der Waals surface area contributed by atoms with Gasteiger partial charge in [0.2, 0.25) is 5.95 Å². The smallest absolute Gasteiger partial charge is 0.203 e. The fraction of sp³-hybridized carbons (Fsp3) is 0.429. The predicted molar refractivity (Wildman–Crippen MR) is 75.3 cm³/mol. The minimum atomic E-state index is 0.735. The van der Waals surface area contributed by atoms with Crippen LogP contribution in [0.15, 0.2) is 30.7 Å². The Morgan fingerprint density at radius 2 is 2.21 bits per heavy atom. The molecule has 2 aromatic heterocycles. The minimum Gasteiger partial charge on any atom is -0.385 e. The van der Waals surface area contributed by atoms with Gasteiger partial charge in [-0.15, -0.1) is 0 Å². The number of ether oxygens (including phenoxy) is 1. The van der Waals surface area contributed by atoms with E-state index in [1.165, 1.54) is 5.56 Å². The van der Waals surface area contributed by atoms with Crippen LogP contribution in [0.25, 0.3) is 0 Å². The van der Waals surface area contributed by atoms with Gasteiger partial charge in [-0.25, -0.2) is 4.98 Å². The average molecular weight is 260 g/mol. The Balaban J connectivity index is 1.98. The predicted octanol–water partition coefficient (Wildman–Crippen LogP) is 2.08. The van der Waals surface area contributed by atoms with E-state index < -0.39 is 0 Å². The van der Waals surface area contributed by atoms with E-state index in [2.05, 4.69) is 32.8 Å². The first kappa shape index (κ1) is 13.5. The lowest BCUT2D eigenvalue weighted by molar-refractivity contribution is 0.197. The second-order valence-electron chi connectivity index (χ2n) is 4.42. The SMILES string of the molecule is COCCCNc1nccn1Cc1ncccc1C. The maximum absolute atomic E-state index is 5.03. The van der Waals surface area contributed by atoms with Gasteiger partial charge >= 0.3 is 0 Å². The summed E-state index contributed by atoms with van der Waals surface area (Å²) in [5.74, 6) is 0.876. The van der Waals surface area contributed by atoms with Gasteiger partial charge in [-0.05, 0) is 25.0 Å². The lowest BCUT2D eigenvalue weighted by Gasteiger charge is -2.10. The topological polar surface area (TPSA) is 52.0 Å². The summed E-state index contributed by atoms with van der Waals surface area (Å²) in [4.78, 5) is 8.73. The van der Waals surface area contributed by atoms with Crippen LogP contribution in [-0.2, 0) is 11.3 Å². The van der Waals surface area contributed by atoms with Crippen molar-refractivity contribution in [3.63, 3.8) is 0 Å². The Kier molecular flexibility index (Phi) is 4.92. The lowest BCUT2D eigenvalue weighted by Crippen LogP contribution is -2.11. The highest BCUT2D eigenvalue weighted by Gasteiger charge is 2.05. The molecule has 5 heteroatoms. The number of anilines is 1. The largest absolute Gasteiger partial charge is 0.385 e. The van der Waals surface area contributed by atoms with Gasteiger partial charge in [-0.3, -0.25) is 4.98 Å². The third-order valence-electron chi connectivity index (χ3n) is 2.96. The molecule has 102 valence electrons. The summed E-state index contributed by atoms with van der Waals surface area (Å²) in [5.41, 5.74) is 2.27. The summed E-state index contributed by atoms with van der Waals surface area (Å²) >= 11 is 0. The van der Waals surface area contributed by atoms with Crippen molar-refractivity contribution in [1.82, 2.24) is 14.5 Å². The highest BCUT2D eigenvalue weighted by molar-refractivity contribution is 5.28. The first-order valence-corrected chi connectivity index (χ1v) is 6.45. The molecule has 0 saturated heterocycles. The maximum atomic E-state index is 5.03. The Labute approximate surface area is 113 Å². The molecule has 0 atom stereocenters. The van der Waals surface area contributed by atoms with Gasteiger partial charge in [0, 0.05) is 38.9 Å². The van der Waals surface area contributed by atoms with Crippen LogP contribution in [0.5, 0.6) is 0 Å². The molecule has 0 amide bonds. The number of pyridine rings is 1. The van der Waals surface area contributed by atoms with Crippen molar-refractivity contribution in [2.45, 2.75) is 19.9 Å². The summed E-state index contributed by atoms with van der Waals surface area (Å²) in [6.07, 6.45) is 6.56. The zero-order valence-corrected chi connectivity index (χ0v) is 11.5. The Morgan fingerprint density at radius 1 is 1.32 bits per heavy atom. The van der Waals surface area contributed by atoms with Crippen LogP contribution in [0.1, 0.15) is 17.7 Å². The van der Waals surface area contributed by atoms with Crippen molar-refractivity contribution in [3.8, 4) is 0 Å². The number of rotatable bonds is 7. The van der Waals surface area contributed by atoms with Gasteiger partial charge in [0.25, 0.3) is 0 Å². The minimum absolute atomic E-state index is 0.735. The molecule has 0 aliphatic carbocycles. The van der Waals surface area contributed by atoms with E-state index in [1.54, 1.807) is 13.3 Å². The van der Waals surface area contributed by atoms with Gasteiger partial charge < -0.3 is 14.6 Å². The highest BCUT2D eigenvalue weighted by atomic mass is 16.5. The second kappa shape index (κ2) is 6.89. The molecular weight excluding hydrogens is 240 g/mol. The number of hydrogen-bond acceptors (Lipinski definition) is 4. The van der Waals surface area contributed by atoms with E-state index in [0.29, 0.717) is 0 Å². The van der Waals surface area contributed by atoms with Gasteiger partial charge in [-0.2, -0.15) is 0 Å². The quantitative estimate of drug-likeness (QED) is 0.774. The van der Waals surface area contributed by atoms with Crippen LogP contribution >= 0.6 is 0 Å². The van der Waals surface area contributed by atoms with Gasteiger partial charge in [0.15, 0.2) is 0 Å². The number of nitrogens with zero attached hydrogens (tertiary/aromatic N) is 3. The Morgan fingerprint density at radius 3 is 3.00 bits per heavy atom. The zero-order chi connectivity index (χ0) is 13.5. The maximum Gasteiger partial charge on any atom is 0.203 e. The fourth-order valence-corrected chi connectivity index (χ4v) is 1.87. The number of nitrogens with one attached hydrogen (secondary N) is 1. The van der Waals surface area contributed by atoms with Crippen LogP contribution < -0.4 is 5.32 Å². The van der Waals surface area contributed by atoms with E-state index >= 15 is 0 Å². The standard InChI is InChI=1S/C14H20N4O/c1-12-5-3-6-15-13(12)11-18-9-8-17-14(18)16-7-4-10-19-2/h3,5-6,8-9H,4,7,10-11H2,1-2H3,(H,16,17). The summed E-state index contributed by atoms with van der Waals surface area (Å²) in [6, 6.07) is 4.03. The number of imidazole rings is 1. The van der Waals surface area contributed by atoms with E-state index in [-0.39, 0.29) is 0 Å². The van der Waals surface area contributed by atoms with Crippen molar-refractivity contribution in [2.24, 2.45) is 0 Å². The first-order chi connectivity index (χ1) is 9.31. The van der Waals surface area contributed by atoms with Crippen molar-refractivity contribution in [1.29, 1.82) is 0 Å². The molecule has 0 bridgehead atoms. The fourth-order valence-electron chi connectivity index (χ4n) is 1.87. The molecule has 0 radical (unpaired) electrons. The molecule has 19 heavy (non-hydrogen) atoms. The summed E-state index contributed by atoms with van der Waals surface area (Å²) in [6.45, 7) is 4.42. The second-order valence-corrected chi connectivity index (χ2v) is 4.42. The summed E-state index contributed by atoms with van der Waals surface area (Å²) in [7, 11) is 1.71. The van der Waals surface area contributed by atoms with E-state index in [9.17, 15) is 0 Å². The number of aromatic nitrogens is 3. The monoisotopic (exact) mass is 260 g/mol. The van der Waals surface area contributed by atoms with Crippen LogP contribution in [0.4, 0.5) is 5.95 Å². The van der Waals surface area contributed by atoms with Crippen LogP contribution in [0.3, 0.4) is 0 Å². The first-order valence-electron chi connectivity index (χ1n) is 6.45. The van der Waals surface area contributed by atoms with E-state index in [0.717, 1.165) is 37.8 Å². The molecular formula is C14H20N4O. The van der Waals surface area contributed by atoms with Gasteiger partial charge in [0.05, 0.1) is 12.2 Å². The third-order valence-corrected chi connectivity index (χ3v) is 2.96. The van der Waals surface area contributed by atoms with E-state index in [1.807, 2.05) is 18.5 Å². The van der Waals surface area contributed by atoms with E-state index in [4.69, 9.17) is 4.74 Å². The molecule has 0 spiro atoms. The molecule has 0 fully saturated rings. The number of hydrogen-bond donors (Lipinski definition) is 1. The molecule has 2 heterocycles. The normalized spacial score (nSPS) is 10.6. The molecule has 0 saturated carbocycles. The lowest BCUT2D eigenvalue weighted by atomic mass is 10.2. The molecule has 0 aliphatic heterocycles. The molecule has 1 N–H and O–H groups in total. The summed E-state index contributed by atoms with van der Waals surface area (Å²) < 4.78 is 7.10. The van der Waals surface area contributed by atoms with Gasteiger partial charge in [0.1, 0.15) is 0 Å². The number of methoxy groups -OCH3 is 1. The van der Waals surface area contributed by atoms with Crippen molar-refractivity contribution in [2.75, 3.05) is 25.6 Å².